The Labute approximate surface area is 71.2 Å². The fraction of sp³-hybridized carbons (Fsp3) is 0.143. The molecule has 0 amide bonds. The third-order valence-electron chi connectivity index (χ3n) is 1.40. The molecule has 4 nitrogen and oxygen atoms in total. The second-order valence-electron chi connectivity index (χ2n) is 2.62. The number of nitrogens with two attached hydrogens (primary N) is 2. The predicted molar refractivity (Wildman–Crippen MR) is 47.0 cm³/mol. The Morgan fingerprint density at radius 2 is 1.83 bits per heavy atom. The molecule has 0 saturated heterocycles. The zero-order valence-corrected chi connectivity index (χ0v) is 7.43. The van der Waals surface area contributed by atoms with Crippen molar-refractivity contribution in [3.63, 3.8) is 0 Å². The molecule has 0 fully saturated rings. The zero-order valence-electron chi connectivity index (χ0n) is 6.61. The second kappa shape index (κ2) is 2.76. The van der Waals surface area contributed by atoms with E-state index in [0.717, 1.165) is 5.56 Å². The van der Waals surface area contributed by atoms with Gasteiger partial charge in [-0.3, -0.25) is 0 Å². The van der Waals surface area contributed by atoms with Crippen molar-refractivity contribution in [1.82, 2.24) is 0 Å². The van der Waals surface area contributed by atoms with Gasteiger partial charge in [0.1, 0.15) is 0 Å². The Hall–Kier alpha value is -1.07. The van der Waals surface area contributed by atoms with Gasteiger partial charge in [0, 0.05) is 5.69 Å². The van der Waals surface area contributed by atoms with Crippen LogP contribution < -0.4 is 10.9 Å². The molecule has 0 aliphatic carbocycles. The standard InChI is InChI=1S/C7H10N2O2S/c1-5-2-6(8)4-7(3-5)12(9,10)11/h2-4H,8H2,1H3,(H2,9,10,11). The number of anilines is 1. The second-order valence-corrected chi connectivity index (χ2v) is 4.19. The maximum atomic E-state index is 10.9. The van der Waals surface area contributed by atoms with Crippen LogP contribution in [0.1, 0.15) is 5.56 Å². The van der Waals surface area contributed by atoms with E-state index < -0.39 is 10.0 Å². The van der Waals surface area contributed by atoms with Gasteiger partial charge >= 0.3 is 0 Å². The van der Waals surface area contributed by atoms with Crippen LogP contribution in [-0.4, -0.2) is 8.42 Å². The Morgan fingerprint density at radius 3 is 2.25 bits per heavy atom. The number of nitrogen functional groups attached to an aromatic ring is 1. The van der Waals surface area contributed by atoms with Gasteiger partial charge in [-0.05, 0) is 30.7 Å². The molecule has 0 aromatic heterocycles. The summed E-state index contributed by atoms with van der Waals surface area (Å²) in [5.41, 5.74) is 6.61. The van der Waals surface area contributed by atoms with E-state index in [-0.39, 0.29) is 4.90 Å². The van der Waals surface area contributed by atoms with Crippen LogP contribution in [0.3, 0.4) is 0 Å². The van der Waals surface area contributed by atoms with Crippen molar-refractivity contribution in [2.24, 2.45) is 5.14 Å². The van der Waals surface area contributed by atoms with Crippen LogP contribution in [-0.2, 0) is 10.0 Å². The van der Waals surface area contributed by atoms with Crippen LogP contribution in [0, 0.1) is 6.92 Å². The van der Waals surface area contributed by atoms with E-state index in [1.807, 2.05) is 0 Å². The molecule has 0 unspecified atom stereocenters. The molecule has 0 saturated carbocycles. The quantitative estimate of drug-likeness (QED) is 0.615. The van der Waals surface area contributed by atoms with Crippen LogP contribution in [0.25, 0.3) is 0 Å². The fourth-order valence-corrected chi connectivity index (χ4v) is 1.59. The lowest BCUT2D eigenvalue weighted by molar-refractivity contribution is 0.597. The van der Waals surface area contributed by atoms with E-state index in [0.29, 0.717) is 5.69 Å². The molecular formula is C7H10N2O2S. The molecule has 1 aromatic rings. The monoisotopic (exact) mass is 186 g/mol. The first-order valence-electron chi connectivity index (χ1n) is 3.29. The maximum Gasteiger partial charge on any atom is 0.238 e. The van der Waals surface area contributed by atoms with E-state index in [1.54, 1.807) is 13.0 Å². The van der Waals surface area contributed by atoms with Crippen molar-refractivity contribution in [1.29, 1.82) is 0 Å². The number of primary sulfonamides is 1. The molecule has 1 aromatic carbocycles. The molecule has 12 heavy (non-hydrogen) atoms. The van der Waals surface area contributed by atoms with Gasteiger partial charge in [0.15, 0.2) is 0 Å². The molecule has 5 heteroatoms. The molecule has 66 valence electrons. The summed E-state index contributed by atoms with van der Waals surface area (Å²) in [6.07, 6.45) is 0. The van der Waals surface area contributed by atoms with Crippen molar-refractivity contribution >= 4 is 15.7 Å². The largest absolute Gasteiger partial charge is 0.399 e. The maximum absolute atomic E-state index is 10.9. The van der Waals surface area contributed by atoms with Crippen LogP contribution in [0.5, 0.6) is 0 Å². The van der Waals surface area contributed by atoms with Gasteiger partial charge in [0.2, 0.25) is 10.0 Å². The summed E-state index contributed by atoms with van der Waals surface area (Å²) < 4.78 is 21.7. The van der Waals surface area contributed by atoms with Crippen LogP contribution in [0.15, 0.2) is 23.1 Å². The van der Waals surface area contributed by atoms with Crippen LogP contribution in [0.4, 0.5) is 5.69 Å². The summed E-state index contributed by atoms with van der Waals surface area (Å²) in [5.74, 6) is 0. The van der Waals surface area contributed by atoms with Gasteiger partial charge in [-0.2, -0.15) is 0 Å². The Bertz CT molecular complexity index is 378. The molecule has 4 N–H and O–H groups in total. The number of hydrogen-bond donors (Lipinski definition) is 2. The first-order valence-corrected chi connectivity index (χ1v) is 4.84. The highest BCUT2D eigenvalue weighted by Gasteiger charge is 2.07. The zero-order chi connectivity index (χ0) is 9.35. The molecule has 0 bridgehead atoms. The van der Waals surface area contributed by atoms with E-state index in [2.05, 4.69) is 0 Å². The topological polar surface area (TPSA) is 86.2 Å². The summed E-state index contributed by atoms with van der Waals surface area (Å²) in [7, 11) is -3.63. The molecule has 0 aliphatic rings. The van der Waals surface area contributed by atoms with E-state index >= 15 is 0 Å². The number of hydrogen-bond acceptors (Lipinski definition) is 3. The predicted octanol–water partition coefficient (Wildman–Crippen LogP) is 0.225. The summed E-state index contributed by atoms with van der Waals surface area (Å²) in [4.78, 5) is 0.0556. The van der Waals surface area contributed by atoms with Crippen molar-refractivity contribution < 1.29 is 8.42 Å². The van der Waals surface area contributed by atoms with Gasteiger partial charge in [-0.25, -0.2) is 13.6 Å². The van der Waals surface area contributed by atoms with Gasteiger partial charge in [0.25, 0.3) is 0 Å². The molecule has 0 spiro atoms. The summed E-state index contributed by atoms with van der Waals surface area (Å²) >= 11 is 0. The average molecular weight is 186 g/mol. The van der Waals surface area contributed by atoms with Gasteiger partial charge in [-0.15, -0.1) is 0 Å². The van der Waals surface area contributed by atoms with Crippen LogP contribution >= 0.6 is 0 Å². The Kier molecular flexibility index (Phi) is 2.08. The number of aryl methyl sites for hydroxylation is 1. The van der Waals surface area contributed by atoms with E-state index in [9.17, 15) is 8.42 Å². The van der Waals surface area contributed by atoms with Gasteiger partial charge in [-0.1, -0.05) is 0 Å². The summed E-state index contributed by atoms with van der Waals surface area (Å²) in [6, 6.07) is 4.49. The van der Waals surface area contributed by atoms with Crippen molar-refractivity contribution in [3.05, 3.63) is 23.8 Å². The van der Waals surface area contributed by atoms with E-state index in [1.165, 1.54) is 12.1 Å². The minimum Gasteiger partial charge on any atom is -0.399 e. The summed E-state index contributed by atoms with van der Waals surface area (Å²) in [5, 5.41) is 4.91. The third-order valence-corrected chi connectivity index (χ3v) is 2.29. The highest BCUT2D eigenvalue weighted by Crippen LogP contribution is 2.14. The molecule has 0 radical (unpaired) electrons. The lowest BCUT2D eigenvalue weighted by Gasteiger charge is -2.01. The SMILES string of the molecule is Cc1cc(N)cc(S(N)(=O)=O)c1. The summed E-state index contributed by atoms with van der Waals surface area (Å²) in [6.45, 7) is 1.76. The van der Waals surface area contributed by atoms with Gasteiger partial charge in [0.05, 0.1) is 4.90 Å². The third kappa shape index (κ3) is 1.96. The highest BCUT2D eigenvalue weighted by atomic mass is 32.2. The smallest absolute Gasteiger partial charge is 0.238 e. The Morgan fingerprint density at radius 1 is 1.25 bits per heavy atom. The number of rotatable bonds is 1. The fourth-order valence-electron chi connectivity index (χ4n) is 0.941. The average Bonchev–Trinajstić information content (AvgIpc) is 1.82. The highest BCUT2D eigenvalue weighted by molar-refractivity contribution is 7.89. The first-order chi connectivity index (χ1) is 5.39. The van der Waals surface area contributed by atoms with Gasteiger partial charge < -0.3 is 5.73 Å². The van der Waals surface area contributed by atoms with Crippen LogP contribution in [0.2, 0.25) is 0 Å². The Balaban J connectivity index is 3.37. The minimum atomic E-state index is -3.63. The van der Waals surface area contributed by atoms with Crippen molar-refractivity contribution in [2.45, 2.75) is 11.8 Å². The molecule has 0 aliphatic heterocycles. The molecular weight excluding hydrogens is 176 g/mol. The molecule has 0 atom stereocenters. The molecule has 1 rings (SSSR count). The molecule has 0 heterocycles. The lowest BCUT2D eigenvalue weighted by atomic mass is 10.2. The van der Waals surface area contributed by atoms with E-state index in [4.69, 9.17) is 10.9 Å². The first kappa shape index (κ1) is 9.02. The number of benzene rings is 1. The minimum absolute atomic E-state index is 0.0556. The normalized spacial score (nSPS) is 11.5. The number of sulfonamides is 1. The lowest BCUT2D eigenvalue weighted by Crippen LogP contribution is -2.12. The van der Waals surface area contributed by atoms with Crippen molar-refractivity contribution in [2.75, 3.05) is 5.73 Å². The van der Waals surface area contributed by atoms with Crippen molar-refractivity contribution in [3.8, 4) is 0 Å².